The van der Waals surface area contributed by atoms with Crippen molar-refractivity contribution in [3.05, 3.63) is 17.8 Å². The van der Waals surface area contributed by atoms with Crippen LogP contribution in [0.1, 0.15) is 23.2 Å². The number of nitrogen functional groups attached to an aromatic ring is 1. The van der Waals surface area contributed by atoms with E-state index < -0.39 is 5.97 Å². The lowest BCUT2D eigenvalue weighted by Gasteiger charge is -2.01. The first kappa shape index (κ1) is 12.1. The van der Waals surface area contributed by atoms with Crippen molar-refractivity contribution in [1.29, 1.82) is 0 Å². The van der Waals surface area contributed by atoms with Gasteiger partial charge in [0.1, 0.15) is 12.0 Å². The Morgan fingerprint density at radius 1 is 1.50 bits per heavy atom. The lowest BCUT2D eigenvalue weighted by molar-refractivity contribution is 0.0587. The Labute approximate surface area is 103 Å². The van der Waals surface area contributed by atoms with Crippen LogP contribution in [0, 0.1) is 0 Å². The van der Waals surface area contributed by atoms with Crippen molar-refractivity contribution < 1.29 is 9.53 Å². The van der Waals surface area contributed by atoms with Gasteiger partial charge >= 0.3 is 5.97 Å². The zero-order valence-electron chi connectivity index (χ0n) is 10.4. The van der Waals surface area contributed by atoms with Crippen LogP contribution in [0.5, 0.6) is 0 Å². The number of rotatable bonds is 3. The molecular formula is C10H14N6O2. The molecule has 0 aliphatic rings. The number of esters is 1. The van der Waals surface area contributed by atoms with Crippen molar-refractivity contribution in [2.75, 3.05) is 12.8 Å². The van der Waals surface area contributed by atoms with Crippen molar-refractivity contribution in [1.82, 2.24) is 24.5 Å². The number of ether oxygens (including phenoxy) is 1. The minimum absolute atomic E-state index is 0.0175. The molecule has 0 amide bonds. The van der Waals surface area contributed by atoms with Crippen LogP contribution < -0.4 is 5.73 Å². The van der Waals surface area contributed by atoms with Crippen LogP contribution in [0.2, 0.25) is 0 Å². The molecule has 2 heterocycles. The fraction of sp³-hybridized carbons (Fsp3) is 0.400. The van der Waals surface area contributed by atoms with Crippen molar-refractivity contribution in [3.63, 3.8) is 0 Å². The van der Waals surface area contributed by atoms with E-state index in [1.165, 1.54) is 18.1 Å². The van der Waals surface area contributed by atoms with Gasteiger partial charge in [0, 0.05) is 7.05 Å². The van der Waals surface area contributed by atoms with Crippen LogP contribution in [-0.4, -0.2) is 37.6 Å². The van der Waals surface area contributed by atoms with Gasteiger partial charge in [-0.25, -0.2) is 14.5 Å². The van der Waals surface area contributed by atoms with E-state index in [-0.39, 0.29) is 5.82 Å². The lowest BCUT2D eigenvalue weighted by Crippen LogP contribution is -2.08. The summed E-state index contributed by atoms with van der Waals surface area (Å²) in [5.41, 5.74) is 7.29. The van der Waals surface area contributed by atoms with E-state index in [1.807, 2.05) is 6.92 Å². The van der Waals surface area contributed by atoms with Gasteiger partial charge < -0.3 is 10.5 Å². The second-order valence-corrected chi connectivity index (χ2v) is 3.67. The van der Waals surface area contributed by atoms with E-state index in [0.717, 1.165) is 12.1 Å². The molecule has 0 fully saturated rings. The zero-order valence-corrected chi connectivity index (χ0v) is 10.4. The van der Waals surface area contributed by atoms with Gasteiger partial charge in [-0.15, -0.1) is 5.10 Å². The van der Waals surface area contributed by atoms with Crippen LogP contribution in [-0.2, 0) is 18.2 Å². The molecule has 0 aliphatic carbocycles. The Morgan fingerprint density at radius 3 is 2.78 bits per heavy atom. The van der Waals surface area contributed by atoms with Crippen LogP contribution in [0.15, 0.2) is 6.33 Å². The Morgan fingerprint density at radius 2 is 2.22 bits per heavy atom. The summed E-state index contributed by atoms with van der Waals surface area (Å²) in [6.07, 6.45) is 2.12. The summed E-state index contributed by atoms with van der Waals surface area (Å²) in [4.78, 5) is 15.1. The van der Waals surface area contributed by atoms with Crippen LogP contribution in [0.25, 0.3) is 5.82 Å². The molecule has 0 unspecified atom stereocenters. The Hall–Kier alpha value is -2.38. The molecule has 0 radical (unpaired) electrons. The third-order valence-electron chi connectivity index (χ3n) is 2.54. The number of aryl methyl sites for hydroxylation is 2. The second kappa shape index (κ2) is 4.47. The molecule has 0 aliphatic heterocycles. The Bertz CT molecular complexity index is 585. The highest BCUT2D eigenvalue weighted by Gasteiger charge is 2.18. The normalized spacial score (nSPS) is 10.6. The predicted octanol–water partition coefficient (Wildman–Crippen LogP) is -0.0680. The molecule has 2 N–H and O–H groups in total. The number of hydrogen-bond acceptors (Lipinski definition) is 6. The molecule has 18 heavy (non-hydrogen) atoms. The number of carbonyl (C=O) groups is 1. The van der Waals surface area contributed by atoms with Crippen LogP contribution in [0.4, 0.5) is 5.69 Å². The number of aromatic nitrogens is 5. The number of methoxy groups -OCH3 is 1. The summed E-state index contributed by atoms with van der Waals surface area (Å²) in [5.74, 6) is -0.0316. The number of nitrogens with zero attached hydrogens (tertiary/aromatic N) is 5. The van der Waals surface area contributed by atoms with Crippen molar-refractivity contribution in [2.45, 2.75) is 13.3 Å². The van der Waals surface area contributed by atoms with Crippen LogP contribution in [0.3, 0.4) is 0 Å². The van der Waals surface area contributed by atoms with Crippen molar-refractivity contribution >= 4 is 11.7 Å². The predicted molar refractivity (Wildman–Crippen MR) is 63.3 cm³/mol. The zero-order chi connectivity index (χ0) is 13.3. The maximum Gasteiger partial charge on any atom is 0.377 e. The summed E-state index contributed by atoms with van der Waals surface area (Å²) in [7, 11) is 3.03. The first-order valence-electron chi connectivity index (χ1n) is 5.40. The van der Waals surface area contributed by atoms with Crippen molar-refractivity contribution in [2.24, 2.45) is 7.05 Å². The van der Waals surface area contributed by atoms with E-state index in [9.17, 15) is 4.79 Å². The summed E-state index contributed by atoms with van der Waals surface area (Å²) in [5, 5.41) is 8.28. The quantitative estimate of drug-likeness (QED) is 0.765. The van der Waals surface area contributed by atoms with E-state index in [0.29, 0.717) is 11.5 Å². The smallest absolute Gasteiger partial charge is 0.377 e. The van der Waals surface area contributed by atoms with E-state index in [4.69, 9.17) is 5.73 Å². The maximum absolute atomic E-state index is 11.3. The molecule has 2 rings (SSSR count). The fourth-order valence-electron chi connectivity index (χ4n) is 1.67. The summed E-state index contributed by atoms with van der Waals surface area (Å²) in [6.45, 7) is 1.96. The molecule has 0 atom stereocenters. The van der Waals surface area contributed by atoms with Gasteiger partial charge in [0.2, 0.25) is 0 Å². The number of anilines is 1. The minimum atomic E-state index is -0.592. The monoisotopic (exact) mass is 250 g/mol. The molecule has 8 nitrogen and oxygen atoms in total. The summed E-state index contributed by atoms with van der Waals surface area (Å²) in [6, 6.07) is 0. The molecule has 2 aromatic heterocycles. The average Bonchev–Trinajstić information content (AvgIpc) is 2.93. The highest BCUT2D eigenvalue weighted by atomic mass is 16.5. The summed E-state index contributed by atoms with van der Waals surface area (Å²) < 4.78 is 7.55. The molecule has 0 bridgehead atoms. The van der Waals surface area contributed by atoms with E-state index >= 15 is 0 Å². The third kappa shape index (κ3) is 1.81. The molecule has 0 spiro atoms. The molecule has 0 aromatic carbocycles. The molecular weight excluding hydrogens is 236 g/mol. The molecule has 8 heteroatoms. The standard InChI is InChI=1S/C10H14N6O2/c1-4-6-7(11)9(15(2)13-6)16-5-12-8(14-16)10(17)18-3/h5H,4,11H2,1-3H3. The van der Waals surface area contributed by atoms with Crippen LogP contribution >= 0.6 is 0 Å². The Kier molecular flexibility index (Phi) is 3.00. The number of carbonyl (C=O) groups excluding carboxylic acids is 1. The van der Waals surface area contributed by atoms with E-state index in [1.54, 1.807) is 11.7 Å². The number of hydrogen-bond donors (Lipinski definition) is 1. The molecule has 0 saturated heterocycles. The average molecular weight is 250 g/mol. The van der Waals surface area contributed by atoms with Gasteiger partial charge in [-0.2, -0.15) is 9.78 Å². The third-order valence-corrected chi connectivity index (χ3v) is 2.54. The lowest BCUT2D eigenvalue weighted by atomic mass is 10.3. The fourth-order valence-corrected chi connectivity index (χ4v) is 1.67. The topological polar surface area (TPSA) is 101 Å². The molecule has 0 saturated carbocycles. The van der Waals surface area contributed by atoms with E-state index in [2.05, 4.69) is 19.9 Å². The second-order valence-electron chi connectivity index (χ2n) is 3.67. The minimum Gasteiger partial charge on any atom is -0.463 e. The van der Waals surface area contributed by atoms with Gasteiger partial charge in [-0.1, -0.05) is 6.92 Å². The van der Waals surface area contributed by atoms with Gasteiger partial charge in [-0.3, -0.25) is 0 Å². The summed E-state index contributed by atoms with van der Waals surface area (Å²) >= 11 is 0. The highest BCUT2D eigenvalue weighted by Crippen LogP contribution is 2.20. The van der Waals surface area contributed by atoms with Gasteiger partial charge in [0.15, 0.2) is 5.82 Å². The number of nitrogens with two attached hydrogens (primary N) is 1. The largest absolute Gasteiger partial charge is 0.463 e. The maximum atomic E-state index is 11.3. The SMILES string of the molecule is CCc1nn(C)c(-n2cnc(C(=O)OC)n2)c1N. The van der Waals surface area contributed by atoms with Gasteiger partial charge in [0.05, 0.1) is 12.8 Å². The first-order chi connectivity index (χ1) is 8.58. The van der Waals surface area contributed by atoms with Gasteiger partial charge in [-0.05, 0) is 6.42 Å². The highest BCUT2D eigenvalue weighted by molar-refractivity contribution is 5.84. The van der Waals surface area contributed by atoms with Gasteiger partial charge in [0.25, 0.3) is 5.82 Å². The molecule has 96 valence electrons. The van der Waals surface area contributed by atoms with Crippen molar-refractivity contribution in [3.8, 4) is 5.82 Å². The first-order valence-corrected chi connectivity index (χ1v) is 5.40. The molecule has 2 aromatic rings. The Balaban J connectivity index is 2.46.